The van der Waals surface area contributed by atoms with Crippen LogP contribution in [0.15, 0.2) is 16.6 Å². The fourth-order valence-electron chi connectivity index (χ4n) is 3.26. The van der Waals surface area contributed by atoms with Gasteiger partial charge in [-0.2, -0.15) is 0 Å². The van der Waals surface area contributed by atoms with Crippen molar-refractivity contribution in [2.45, 2.75) is 50.9 Å². The summed E-state index contributed by atoms with van der Waals surface area (Å²) >= 11 is 9.56. The molecule has 1 fully saturated rings. The number of halogens is 3. The summed E-state index contributed by atoms with van der Waals surface area (Å²) < 4.78 is 16.4. The summed E-state index contributed by atoms with van der Waals surface area (Å²) in [6.45, 7) is 2.85. The fraction of sp³-hybridized carbons (Fsp3) is 0.562. The van der Waals surface area contributed by atoms with Gasteiger partial charge >= 0.3 is 0 Å². The van der Waals surface area contributed by atoms with E-state index in [-0.39, 0.29) is 11.2 Å². The summed E-state index contributed by atoms with van der Waals surface area (Å²) in [5, 5.41) is -0.178. The highest BCUT2D eigenvalue weighted by Crippen LogP contribution is 2.32. The number of rotatable bonds is 3. The van der Waals surface area contributed by atoms with Gasteiger partial charge in [-0.3, -0.25) is 0 Å². The molecule has 2 nitrogen and oxygen atoms in total. The Morgan fingerprint density at radius 3 is 2.76 bits per heavy atom. The molecule has 0 N–H and O–H groups in total. The van der Waals surface area contributed by atoms with Crippen LogP contribution in [-0.2, 0) is 6.54 Å². The van der Waals surface area contributed by atoms with Crippen molar-refractivity contribution in [3.8, 4) is 0 Å². The van der Waals surface area contributed by atoms with E-state index in [4.69, 9.17) is 11.6 Å². The van der Waals surface area contributed by atoms with Gasteiger partial charge in [-0.15, -0.1) is 11.6 Å². The van der Waals surface area contributed by atoms with Crippen molar-refractivity contribution < 1.29 is 4.39 Å². The number of hydrogen-bond donors (Lipinski definition) is 0. The molecule has 2 aromatic rings. The Labute approximate surface area is 137 Å². The molecule has 0 bridgehead atoms. The molecule has 0 saturated heterocycles. The van der Waals surface area contributed by atoms with Crippen LogP contribution in [0.25, 0.3) is 11.0 Å². The topological polar surface area (TPSA) is 17.8 Å². The van der Waals surface area contributed by atoms with Crippen molar-refractivity contribution in [3.05, 3.63) is 28.2 Å². The largest absolute Gasteiger partial charge is 0.326 e. The van der Waals surface area contributed by atoms with Gasteiger partial charge in [0.2, 0.25) is 0 Å². The molecule has 1 saturated carbocycles. The highest BCUT2D eigenvalue weighted by Gasteiger charge is 2.21. The van der Waals surface area contributed by atoms with E-state index >= 15 is 0 Å². The average molecular weight is 374 g/mol. The van der Waals surface area contributed by atoms with Crippen molar-refractivity contribution in [1.82, 2.24) is 9.55 Å². The van der Waals surface area contributed by atoms with E-state index in [0.717, 1.165) is 17.9 Å². The van der Waals surface area contributed by atoms with E-state index in [1.807, 2.05) is 13.0 Å². The summed E-state index contributed by atoms with van der Waals surface area (Å²) in [5.74, 6) is 1.24. The summed E-state index contributed by atoms with van der Waals surface area (Å²) in [6.07, 6.45) is 6.48. The number of fused-ring (bicyclic) bond motifs is 1. The Balaban J connectivity index is 2.04. The van der Waals surface area contributed by atoms with E-state index in [1.54, 1.807) is 0 Å². The van der Waals surface area contributed by atoms with E-state index in [2.05, 4.69) is 25.5 Å². The minimum Gasteiger partial charge on any atom is -0.326 e. The monoisotopic (exact) mass is 372 g/mol. The third-order valence-corrected chi connectivity index (χ3v) is 5.14. The molecular weight excluding hydrogens is 355 g/mol. The molecule has 114 valence electrons. The van der Waals surface area contributed by atoms with Crippen LogP contribution in [0, 0.1) is 11.7 Å². The van der Waals surface area contributed by atoms with Gasteiger partial charge in [0, 0.05) is 12.6 Å². The third kappa shape index (κ3) is 3.11. The molecule has 0 radical (unpaired) electrons. The number of nitrogens with zero attached hydrogens (tertiary/aromatic N) is 2. The van der Waals surface area contributed by atoms with Crippen LogP contribution >= 0.6 is 27.5 Å². The predicted molar refractivity (Wildman–Crippen MR) is 88.2 cm³/mol. The van der Waals surface area contributed by atoms with E-state index in [9.17, 15) is 4.39 Å². The van der Waals surface area contributed by atoms with Crippen LogP contribution in [0.2, 0.25) is 0 Å². The second kappa shape index (κ2) is 6.25. The van der Waals surface area contributed by atoms with Crippen molar-refractivity contribution in [2.24, 2.45) is 5.92 Å². The summed E-state index contributed by atoms with van der Waals surface area (Å²) in [5.41, 5.74) is 1.66. The highest BCUT2D eigenvalue weighted by molar-refractivity contribution is 9.10. The van der Waals surface area contributed by atoms with Gasteiger partial charge in [0.1, 0.15) is 11.6 Å². The highest BCUT2D eigenvalue weighted by atomic mass is 79.9. The molecule has 1 heterocycles. The van der Waals surface area contributed by atoms with Crippen molar-refractivity contribution >= 4 is 38.6 Å². The van der Waals surface area contributed by atoms with Gasteiger partial charge in [-0.05, 0) is 47.7 Å². The molecule has 0 amide bonds. The number of benzene rings is 1. The lowest BCUT2D eigenvalue weighted by molar-refractivity contribution is 0.319. The first kappa shape index (κ1) is 15.3. The van der Waals surface area contributed by atoms with Gasteiger partial charge in [0.05, 0.1) is 20.9 Å². The molecule has 5 heteroatoms. The van der Waals surface area contributed by atoms with E-state index in [1.165, 1.54) is 38.2 Å². The standard InChI is InChI=1S/C16H19BrClFN2/c1-10(18)16-20-14-8-13(19)12(17)7-15(14)21(16)9-11-5-3-2-4-6-11/h7-8,10-11H,2-6,9H2,1H3. The average Bonchev–Trinajstić information content (AvgIpc) is 2.79. The zero-order valence-electron chi connectivity index (χ0n) is 12.1. The first-order valence-electron chi connectivity index (χ1n) is 7.55. The minimum atomic E-state index is -0.279. The molecule has 1 atom stereocenters. The number of alkyl halides is 1. The Hall–Kier alpha value is -0.610. The predicted octanol–water partition coefficient (Wildman–Crippen LogP) is 5.82. The maximum atomic E-state index is 13.7. The van der Waals surface area contributed by atoms with Gasteiger partial charge in [0.25, 0.3) is 0 Å². The fourth-order valence-corrected chi connectivity index (χ4v) is 3.76. The molecule has 1 aromatic heterocycles. The van der Waals surface area contributed by atoms with Crippen LogP contribution in [0.5, 0.6) is 0 Å². The first-order chi connectivity index (χ1) is 10.1. The first-order valence-corrected chi connectivity index (χ1v) is 8.78. The smallest absolute Gasteiger partial charge is 0.139 e. The molecule has 3 rings (SSSR count). The van der Waals surface area contributed by atoms with Crippen LogP contribution < -0.4 is 0 Å². The molecular formula is C16H19BrClFN2. The molecule has 1 unspecified atom stereocenters. The molecule has 1 aromatic carbocycles. The lowest BCUT2D eigenvalue weighted by Crippen LogP contribution is -2.16. The van der Waals surface area contributed by atoms with Gasteiger partial charge < -0.3 is 4.57 Å². The van der Waals surface area contributed by atoms with Crippen molar-refractivity contribution in [2.75, 3.05) is 0 Å². The number of imidazole rings is 1. The van der Waals surface area contributed by atoms with Crippen LogP contribution in [-0.4, -0.2) is 9.55 Å². The number of aromatic nitrogens is 2. The SMILES string of the molecule is CC(Cl)c1nc2cc(F)c(Br)cc2n1CC1CCCCC1. The normalized spacial score (nSPS) is 18.3. The van der Waals surface area contributed by atoms with Crippen LogP contribution in [0.4, 0.5) is 4.39 Å². The summed E-state index contributed by atoms with van der Waals surface area (Å²) in [6, 6.07) is 3.31. The molecule has 1 aliphatic carbocycles. The van der Waals surface area contributed by atoms with Gasteiger partial charge in [-0.25, -0.2) is 9.37 Å². The van der Waals surface area contributed by atoms with Crippen molar-refractivity contribution in [1.29, 1.82) is 0 Å². The number of hydrogen-bond acceptors (Lipinski definition) is 1. The molecule has 21 heavy (non-hydrogen) atoms. The molecule has 1 aliphatic rings. The quantitative estimate of drug-likeness (QED) is 0.620. The van der Waals surface area contributed by atoms with Crippen LogP contribution in [0.3, 0.4) is 0 Å². The summed E-state index contributed by atoms with van der Waals surface area (Å²) in [4.78, 5) is 4.55. The van der Waals surface area contributed by atoms with Gasteiger partial charge in [0.15, 0.2) is 0 Å². The second-order valence-electron chi connectivity index (χ2n) is 5.96. The lowest BCUT2D eigenvalue weighted by Gasteiger charge is -2.23. The van der Waals surface area contributed by atoms with E-state index < -0.39 is 0 Å². The van der Waals surface area contributed by atoms with Gasteiger partial charge in [-0.1, -0.05) is 19.3 Å². The Bertz CT molecular complexity index is 647. The maximum Gasteiger partial charge on any atom is 0.139 e. The second-order valence-corrected chi connectivity index (χ2v) is 7.46. The third-order valence-electron chi connectivity index (χ3n) is 4.34. The van der Waals surface area contributed by atoms with E-state index in [0.29, 0.717) is 15.9 Å². The zero-order chi connectivity index (χ0) is 15.0. The molecule has 0 aliphatic heterocycles. The minimum absolute atomic E-state index is 0.178. The maximum absolute atomic E-state index is 13.7. The summed E-state index contributed by atoms with van der Waals surface area (Å²) in [7, 11) is 0. The lowest BCUT2D eigenvalue weighted by atomic mass is 9.89. The Morgan fingerprint density at radius 1 is 1.38 bits per heavy atom. The van der Waals surface area contributed by atoms with Crippen molar-refractivity contribution in [3.63, 3.8) is 0 Å². The van der Waals surface area contributed by atoms with Crippen LogP contribution in [0.1, 0.15) is 50.2 Å². The zero-order valence-corrected chi connectivity index (χ0v) is 14.4. The molecule has 0 spiro atoms. The Morgan fingerprint density at radius 2 is 2.10 bits per heavy atom. The Kier molecular flexibility index (Phi) is 4.55.